The Morgan fingerprint density at radius 1 is 0.636 bits per heavy atom. The third kappa shape index (κ3) is 1.84. The van der Waals surface area contributed by atoms with Gasteiger partial charge in [-0.1, -0.05) is 0 Å². The second kappa shape index (κ2) is 4.84. The highest BCUT2D eigenvalue weighted by Gasteiger charge is 2.08. The van der Waals surface area contributed by atoms with Gasteiger partial charge in [0, 0.05) is 35.3 Å². The predicted molar refractivity (Wildman–Crippen MR) is 87.8 cm³/mol. The van der Waals surface area contributed by atoms with E-state index in [9.17, 15) is 0 Å². The first-order chi connectivity index (χ1) is 10.8. The lowest BCUT2D eigenvalue weighted by Crippen LogP contribution is -2.05. The van der Waals surface area contributed by atoms with Crippen LogP contribution in [0.3, 0.4) is 0 Å². The van der Waals surface area contributed by atoms with Gasteiger partial charge in [-0.3, -0.25) is 9.35 Å². The van der Waals surface area contributed by atoms with Crippen LogP contribution in [0.1, 0.15) is 0 Å². The van der Waals surface area contributed by atoms with Crippen LogP contribution in [0.25, 0.3) is 21.8 Å². The molecule has 0 radical (unpaired) electrons. The van der Waals surface area contributed by atoms with Crippen molar-refractivity contribution < 1.29 is 9.47 Å². The first kappa shape index (κ1) is 12.8. The second-order valence-corrected chi connectivity index (χ2v) is 5.17. The van der Waals surface area contributed by atoms with Crippen LogP contribution in [0.4, 0.5) is 0 Å². The molecule has 4 rings (SSSR count). The molecular weight excluding hydrogens is 276 g/mol. The number of aromatic nitrogens is 2. The number of nitrogens with zero attached hydrogens (tertiary/aromatic N) is 2. The zero-order valence-electron chi connectivity index (χ0n) is 12.5. The largest absolute Gasteiger partial charge is 0.497 e. The van der Waals surface area contributed by atoms with E-state index in [4.69, 9.17) is 9.47 Å². The highest BCUT2D eigenvalue weighted by Crippen LogP contribution is 2.26. The van der Waals surface area contributed by atoms with E-state index in [0.717, 1.165) is 22.5 Å². The summed E-state index contributed by atoms with van der Waals surface area (Å²) in [5, 5.41) is 2.34. The molecule has 0 spiro atoms. The molecule has 0 saturated heterocycles. The summed E-state index contributed by atoms with van der Waals surface area (Å²) in [5.74, 6) is 1.70. The predicted octanol–water partition coefficient (Wildman–Crippen LogP) is 3.92. The number of hydrogen-bond donors (Lipinski definition) is 0. The molecular formula is C18H16N2O2. The first-order valence-corrected chi connectivity index (χ1v) is 7.11. The lowest BCUT2D eigenvalue weighted by Gasteiger charge is -2.10. The van der Waals surface area contributed by atoms with E-state index < -0.39 is 0 Å². The molecule has 0 bridgehead atoms. The summed E-state index contributed by atoms with van der Waals surface area (Å²) in [6, 6.07) is 16.4. The summed E-state index contributed by atoms with van der Waals surface area (Å²) < 4.78 is 14.9. The summed E-state index contributed by atoms with van der Waals surface area (Å²) in [6.07, 6.45) is 4.12. The molecule has 2 heterocycles. The standard InChI is InChI=1S/C18H16N2O2/c1-21-15-5-3-13-7-9-19(17(13)11-15)20-10-8-14-4-6-16(22-2)12-18(14)20/h3-12H,1-2H3. The van der Waals surface area contributed by atoms with Crippen molar-refractivity contribution in [3.63, 3.8) is 0 Å². The minimum absolute atomic E-state index is 0.849. The quantitative estimate of drug-likeness (QED) is 0.572. The van der Waals surface area contributed by atoms with Crippen molar-refractivity contribution in [2.45, 2.75) is 0 Å². The Labute approximate surface area is 128 Å². The molecule has 2 aromatic carbocycles. The van der Waals surface area contributed by atoms with E-state index in [0.29, 0.717) is 0 Å². The van der Waals surface area contributed by atoms with Crippen molar-refractivity contribution in [3.05, 3.63) is 60.9 Å². The topological polar surface area (TPSA) is 28.3 Å². The van der Waals surface area contributed by atoms with Crippen LogP contribution < -0.4 is 9.47 Å². The third-order valence-corrected chi connectivity index (χ3v) is 3.99. The van der Waals surface area contributed by atoms with Crippen molar-refractivity contribution in [1.29, 1.82) is 0 Å². The normalized spacial score (nSPS) is 11.2. The smallest absolute Gasteiger partial charge is 0.121 e. The first-order valence-electron chi connectivity index (χ1n) is 7.11. The van der Waals surface area contributed by atoms with Gasteiger partial charge in [-0.05, 0) is 36.4 Å². The summed E-state index contributed by atoms with van der Waals surface area (Å²) in [7, 11) is 3.37. The van der Waals surface area contributed by atoms with Crippen LogP contribution in [-0.2, 0) is 0 Å². The van der Waals surface area contributed by atoms with Gasteiger partial charge in [0.2, 0.25) is 0 Å². The van der Waals surface area contributed by atoms with Crippen LogP contribution in [0.2, 0.25) is 0 Å². The van der Waals surface area contributed by atoms with Gasteiger partial charge in [-0.25, -0.2) is 0 Å². The van der Waals surface area contributed by atoms with Crippen molar-refractivity contribution in [3.8, 4) is 11.5 Å². The fourth-order valence-corrected chi connectivity index (χ4v) is 2.82. The molecule has 0 N–H and O–H groups in total. The minimum Gasteiger partial charge on any atom is -0.497 e. The summed E-state index contributed by atoms with van der Waals surface area (Å²) in [6.45, 7) is 0. The molecule has 0 atom stereocenters. The summed E-state index contributed by atoms with van der Waals surface area (Å²) >= 11 is 0. The van der Waals surface area contributed by atoms with Crippen LogP contribution >= 0.6 is 0 Å². The zero-order chi connectivity index (χ0) is 15.1. The average molecular weight is 292 g/mol. The summed E-state index contributed by atoms with van der Waals surface area (Å²) in [5.41, 5.74) is 2.19. The van der Waals surface area contributed by atoms with Crippen molar-refractivity contribution in [2.75, 3.05) is 14.2 Å². The molecule has 4 aromatic rings. The van der Waals surface area contributed by atoms with E-state index in [-0.39, 0.29) is 0 Å². The van der Waals surface area contributed by atoms with Crippen LogP contribution in [0, 0.1) is 0 Å². The Kier molecular flexibility index (Phi) is 2.82. The minimum atomic E-state index is 0.849. The molecule has 0 amide bonds. The Morgan fingerprint density at radius 2 is 1.09 bits per heavy atom. The highest BCUT2D eigenvalue weighted by molar-refractivity contribution is 5.85. The van der Waals surface area contributed by atoms with Gasteiger partial charge >= 0.3 is 0 Å². The highest BCUT2D eigenvalue weighted by atomic mass is 16.5. The number of rotatable bonds is 3. The Hall–Kier alpha value is -2.88. The average Bonchev–Trinajstić information content (AvgIpc) is 3.16. The zero-order valence-corrected chi connectivity index (χ0v) is 12.5. The second-order valence-electron chi connectivity index (χ2n) is 5.17. The maximum absolute atomic E-state index is 5.35. The molecule has 0 saturated carbocycles. The monoisotopic (exact) mass is 292 g/mol. The van der Waals surface area contributed by atoms with Gasteiger partial charge in [0.25, 0.3) is 0 Å². The van der Waals surface area contributed by atoms with Gasteiger partial charge in [-0.2, -0.15) is 0 Å². The van der Waals surface area contributed by atoms with E-state index in [1.165, 1.54) is 10.8 Å². The number of ether oxygens (including phenoxy) is 2. The van der Waals surface area contributed by atoms with E-state index in [2.05, 4.69) is 46.0 Å². The van der Waals surface area contributed by atoms with E-state index in [1.54, 1.807) is 14.2 Å². The number of fused-ring (bicyclic) bond motifs is 2. The van der Waals surface area contributed by atoms with Gasteiger partial charge < -0.3 is 9.47 Å². The number of benzene rings is 2. The molecule has 2 aromatic heterocycles. The maximum atomic E-state index is 5.35. The van der Waals surface area contributed by atoms with Gasteiger partial charge in [0.15, 0.2) is 0 Å². The van der Waals surface area contributed by atoms with Crippen molar-refractivity contribution in [2.24, 2.45) is 0 Å². The molecule has 0 aliphatic rings. The molecule has 110 valence electrons. The maximum Gasteiger partial charge on any atom is 0.121 e. The van der Waals surface area contributed by atoms with Crippen molar-refractivity contribution in [1.82, 2.24) is 9.35 Å². The molecule has 4 nitrogen and oxygen atoms in total. The van der Waals surface area contributed by atoms with Gasteiger partial charge in [-0.15, -0.1) is 0 Å². The third-order valence-electron chi connectivity index (χ3n) is 3.99. The van der Waals surface area contributed by atoms with Gasteiger partial charge in [0.1, 0.15) is 11.5 Å². The number of hydrogen-bond acceptors (Lipinski definition) is 2. The Balaban J connectivity index is 1.98. The van der Waals surface area contributed by atoms with Crippen LogP contribution in [-0.4, -0.2) is 23.6 Å². The van der Waals surface area contributed by atoms with Crippen LogP contribution in [0.5, 0.6) is 11.5 Å². The van der Waals surface area contributed by atoms with Gasteiger partial charge in [0.05, 0.1) is 25.3 Å². The molecule has 0 fully saturated rings. The van der Waals surface area contributed by atoms with E-state index in [1.807, 2.05) is 24.3 Å². The molecule has 0 unspecified atom stereocenters. The molecule has 0 aliphatic heterocycles. The lowest BCUT2D eigenvalue weighted by atomic mass is 10.2. The van der Waals surface area contributed by atoms with Crippen LogP contribution in [0.15, 0.2) is 60.9 Å². The summed E-state index contributed by atoms with van der Waals surface area (Å²) in [4.78, 5) is 0. The SMILES string of the molecule is COc1ccc2ccn(-n3ccc4ccc(OC)cc43)c2c1. The molecule has 0 aliphatic carbocycles. The lowest BCUT2D eigenvalue weighted by molar-refractivity contribution is 0.414. The fourth-order valence-electron chi connectivity index (χ4n) is 2.82. The number of methoxy groups -OCH3 is 2. The Bertz CT molecular complexity index is 886. The Morgan fingerprint density at radius 3 is 1.50 bits per heavy atom. The van der Waals surface area contributed by atoms with Crippen molar-refractivity contribution >= 4 is 21.8 Å². The van der Waals surface area contributed by atoms with E-state index >= 15 is 0 Å². The molecule has 4 heteroatoms. The fraction of sp³-hybridized carbons (Fsp3) is 0.111. The molecule has 22 heavy (non-hydrogen) atoms.